The first-order chi connectivity index (χ1) is 22.5. The van der Waals surface area contributed by atoms with Crippen LogP contribution in [0.15, 0.2) is 156 Å². The summed E-state index contributed by atoms with van der Waals surface area (Å²) in [5, 5.41) is 2.35. The standard InChI is InChI=1S/C44H31NO/c1-44(2)38-25-31(20-21-34(38)36-22-23-37-35-18-9-10-19-41(35)46-43(37)42(36)44)30-16-11-17-32(24-30)40-27-33(28-12-5-3-6-13-28)26-39(45-40)29-14-7-4-8-15-29/h3-27H,1-2H3. The Morgan fingerprint density at radius 2 is 1.09 bits per heavy atom. The van der Waals surface area contributed by atoms with Crippen LogP contribution in [0.25, 0.3) is 77.8 Å². The Hall–Kier alpha value is -5.73. The average Bonchev–Trinajstić information content (AvgIpc) is 3.60. The summed E-state index contributed by atoms with van der Waals surface area (Å²) in [5.74, 6) is 0. The molecule has 2 aromatic heterocycles. The van der Waals surface area contributed by atoms with Gasteiger partial charge in [0.15, 0.2) is 0 Å². The first kappa shape index (κ1) is 26.7. The Balaban J connectivity index is 1.15. The second-order valence-electron chi connectivity index (χ2n) is 12.8. The molecular weight excluding hydrogens is 558 g/mol. The zero-order valence-corrected chi connectivity index (χ0v) is 25.8. The van der Waals surface area contributed by atoms with E-state index in [2.05, 4.69) is 153 Å². The summed E-state index contributed by atoms with van der Waals surface area (Å²) in [6.45, 7) is 4.66. The molecule has 0 saturated carbocycles. The van der Waals surface area contributed by atoms with Crippen molar-refractivity contribution in [3.05, 3.63) is 163 Å². The van der Waals surface area contributed by atoms with Gasteiger partial charge < -0.3 is 4.42 Å². The van der Waals surface area contributed by atoms with Gasteiger partial charge in [-0.2, -0.15) is 0 Å². The van der Waals surface area contributed by atoms with Crippen molar-refractivity contribution in [1.29, 1.82) is 0 Å². The van der Waals surface area contributed by atoms with Crippen LogP contribution in [0.1, 0.15) is 25.0 Å². The van der Waals surface area contributed by atoms with E-state index < -0.39 is 0 Å². The molecule has 0 atom stereocenters. The van der Waals surface area contributed by atoms with Crippen molar-refractivity contribution in [3.63, 3.8) is 0 Å². The normalized spacial score (nSPS) is 13.2. The number of benzene rings is 6. The van der Waals surface area contributed by atoms with Gasteiger partial charge in [-0.05, 0) is 75.3 Å². The molecule has 0 amide bonds. The number of fused-ring (bicyclic) bond motifs is 7. The van der Waals surface area contributed by atoms with Crippen LogP contribution >= 0.6 is 0 Å². The Labute approximate surface area is 268 Å². The molecular formula is C44H31NO. The van der Waals surface area contributed by atoms with Crippen molar-refractivity contribution in [3.8, 4) is 55.9 Å². The van der Waals surface area contributed by atoms with Crippen LogP contribution in [0, 0.1) is 0 Å². The van der Waals surface area contributed by atoms with Gasteiger partial charge in [-0.3, -0.25) is 0 Å². The first-order valence-corrected chi connectivity index (χ1v) is 15.9. The van der Waals surface area contributed by atoms with Crippen LogP contribution in [0.5, 0.6) is 0 Å². The maximum Gasteiger partial charge on any atom is 0.140 e. The quantitative estimate of drug-likeness (QED) is 0.204. The van der Waals surface area contributed by atoms with Gasteiger partial charge in [-0.1, -0.05) is 129 Å². The monoisotopic (exact) mass is 589 g/mol. The third kappa shape index (κ3) is 4.14. The minimum atomic E-state index is -0.207. The molecule has 0 saturated heterocycles. The summed E-state index contributed by atoms with van der Waals surface area (Å²) in [6, 6.07) is 54.0. The van der Waals surface area contributed by atoms with Gasteiger partial charge in [-0.15, -0.1) is 0 Å². The van der Waals surface area contributed by atoms with Crippen molar-refractivity contribution < 1.29 is 4.42 Å². The fraction of sp³-hybridized carbons (Fsp3) is 0.0682. The Kier molecular flexibility index (Phi) is 5.88. The van der Waals surface area contributed by atoms with Gasteiger partial charge in [0.05, 0.1) is 11.4 Å². The molecule has 0 bridgehead atoms. The van der Waals surface area contributed by atoms with Crippen molar-refractivity contribution in [1.82, 2.24) is 4.98 Å². The van der Waals surface area contributed by atoms with E-state index in [4.69, 9.17) is 9.40 Å². The summed E-state index contributed by atoms with van der Waals surface area (Å²) in [6.07, 6.45) is 0. The molecule has 0 spiro atoms. The van der Waals surface area contributed by atoms with Gasteiger partial charge in [0.25, 0.3) is 0 Å². The summed E-state index contributed by atoms with van der Waals surface area (Å²) in [4.78, 5) is 5.18. The Morgan fingerprint density at radius 3 is 1.89 bits per heavy atom. The number of furan rings is 1. The number of aromatic nitrogens is 1. The molecule has 1 aliphatic rings. The number of hydrogen-bond donors (Lipinski definition) is 0. The van der Waals surface area contributed by atoms with E-state index in [1.165, 1.54) is 49.7 Å². The first-order valence-electron chi connectivity index (χ1n) is 15.9. The lowest BCUT2D eigenvalue weighted by Crippen LogP contribution is -2.15. The van der Waals surface area contributed by atoms with Crippen molar-refractivity contribution in [2.75, 3.05) is 0 Å². The molecule has 2 nitrogen and oxygen atoms in total. The van der Waals surface area contributed by atoms with Crippen LogP contribution in [0.3, 0.4) is 0 Å². The number of para-hydroxylation sites is 1. The lowest BCUT2D eigenvalue weighted by atomic mass is 9.81. The second kappa shape index (κ2) is 10.2. The van der Waals surface area contributed by atoms with Crippen molar-refractivity contribution in [2.24, 2.45) is 0 Å². The van der Waals surface area contributed by atoms with Gasteiger partial charge in [0, 0.05) is 32.9 Å². The Morgan fingerprint density at radius 1 is 0.457 bits per heavy atom. The third-order valence-electron chi connectivity index (χ3n) is 9.65. The SMILES string of the molecule is CC1(C)c2cc(-c3cccc(-c4cc(-c5ccccc5)cc(-c5ccccc5)n4)c3)ccc2-c2ccc3c(oc4ccccc43)c21. The highest BCUT2D eigenvalue weighted by molar-refractivity contribution is 6.09. The molecule has 0 N–H and O–H groups in total. The maximum absolute atomic E-state index is 6.52. The minimum Gasteiger partial charge on any atom is -0.456 e. The molecule has 9 rings (SSSR count). The van der Waals surface area contributed by atoms with E-state index in [9.17, 15) is 0 Å². The summed E-state index contributed by atoms with van der Waals surface area (Å²) in [5.41, 5.74) is 15.7. The topological polar surface area (TPSA) is 26.0 Å². The minimum absolute atomic E-state index is 0.207. The molecule has 0 aliphatic heterocycles. The van der Waals surface area contributed by atoms with E-state index in [0.717, 1.165) is 39.2 Å². The number of rotatable bonds is 4. The maximum atomic E-state index is 6.52. The zero-order valence-electron chi connectivity index (χ0n) is 25.8. The fourth-order valence-electron chi connectivity index (χ4n) is 7.33. The van der Waals surface area contributed by atoms with Crippen molar-refractivity contribution >= 4 is 21.9 Å². The molecule has 0 unspecified atom stereocenters. The molecule has 218 valence electrons. The Bertz CT molecular complexity index is 2380. The molecule has 46 heavy (non-hydrogen) atoms. The molecule has 6 aromatic carbocycles. The molecule has 0 radical (unpaired) electrons. The number of pyridine rings is 1. The van der Waals surface area contributed by atoms with Crippen LogP contribution in [-0.2, 0) is 5.41 Å². The second-order valence-corrected chi connectivity index (χ2v) is 12.8. The molecule has 8 aromatic rings. The lowest BCUT2D eigenvalue weighted by Gasteiger charge is -2.22. The van der Waals surface area contributed by atoms with Gasteiger partial charge in [0.2, 0.25) is 0 Å². The van der Waals surface area contributed by atoms with Crippen LogP contribution < -0.4 is 0 Å². The van der Waals surface area contributed by atoms with Crippen LogP contribution in [0.4, 0.5) is 0 Å². The highest BCUT2D eigenvalue weighted by Gasteiger charge is 2.38. The van der Waals surface area contributed by atoms with Crippen LogP contribution in [-0.4, -0.2) is 4.98 Å². The molecule has 0 fully saturated rings. The van der Waals surface area contributed by atoms with E-state index in [0.29, 0.717) is 0 Å². The largest absolute Gasteiger partial charge is 0.456 e. The third-order valence-corrected chi connectivity index (χ3v) is 9.65. The summed E-state index contributed by atoms with van der Waals surface area (Å²) >= 11 is 0. The van der Waals surface area contributed by atoms with E-state index in [1.807, 2.05) is 12.1 Å². The van der Waals surface area contributed by atoms with E-state index in [1.54, 1.807) is 0 Å². The zero-order chi connectivity index (χ0) is 30.8. The van der Waals surface area contributed by atoms with E-state index >= 15 is 0 Å². The average molecular weight is 590 g/mol. The smallest absolute Gasteiger partial charge is 0.140 e. The van der Waals surface area contributed by atoms with Gasteiger partial charge >= 0.3 is 0 Å². The van der Waals surface area contributed by atoms with Crippen LogP contribution in [0.2, 0.25) is 0 Å². The van der Waals surface area contributed by atoms with Crippen molar-refractivity contribution in [2.45, 2.75) is 19.3 Å². The summed E-state index contributed by atoms with van der Waals surface area (Å²) in [7, 11) is 0. The highest BCUT2D eigenvalue weighted by Crippen LogP contribution is 2.53. The highest BCUT2D eigenvalue weighted by atomic mass is 16.3. The summed E-state index contributed by atoms with van der Waals surface area (Å²) < 4.78 is 6.52. The predicted octanol–water partition coefficient (Wildman–Crippen LogP) is 12.0. The molecule has 2 heteroatoms. The van der Waals surface area contributed by atoms with E-state index in [-0.39, 0.29) is 5.41 Å². The molecule has 2 heterocycles. The van der Waals surface area contributed by atoms with Gasteiger partial charge in [-0.25, -0.2) is 4.98 Å². The number of nitrogens with zero attached hydrogens (tertiary/aromatic N) is 1. The predicted molar refractivity (Wildman–Crippen MR) is 191 cm³/mol. The fourth-order valence-corrected chi connectivity index (χ4v) is 7.33. The lowest BCUT2D eigenvalue weighted by molar-refractivity contribution is 0.620. The molecule has 1 aliphatic carbocycles. The van der Waals surface area contributed by atoms with Gasteiger partial charge in [0.1, 0.15) is 11.2 Å². The number of hydrogen-bond acceptors (Lipinski definition) is 2.